The summed E-state index contributed by atoms with van der Waals surface area (Å²) in [5.74, 6) is -0.379. The molecular weight excluding hydrogens is 364 g/mol. The van der Waals surface area contributed by atoms with Crippen LogP contribution in [0.3, 0.4) is 0 Å². The molecule has 2 heterocycles. The van der Waals surface area contributed by atoms with Crippen LogP contribution in [0.2, 0.25) is 0 Å². The summed E-state index contributed by atoms with van der Waals surface area (Å²) in [5.41, 5.74) is 2.78. The average Bonchev–Trinajstić information content (AvgIpc) is 2.99. The van der Waals surface area contributed by atoms with E-state index in [2.05, 4.69) is 22.1 Å². The predicted octanol–water partition coefficient (Wildman–Crippen LogP) is 5.41. The third-order valence-corrected chi connectivity index (χ3v) is 5.72. The lowest BCUT2D eigenvalue weighted by molar-refractivity contribution is 0.0995. The minimum atomic E-state index is -0.425. The van der Waals surface area contributed by atoms with Crippen molar-refractivity contribution in [3.63, 3.8) is 0 Å². The molecule has 4 rings (SSSR count). The number of nitrogens with zero attached hydrogens (tertiary/aromatic N) is 4. The molecule has 1 aromatic heterocycles. The molecule has 0 spiro atoms. The zero-order valence-corrected chi connectivity index (χ0v) is 16.9. The molecule has 0 radical (unpaired) electrons. The van der Waals surface area contributed by atoms with Crippen LogP contribution in [-0.4, -0.2) is 33.1 Å². The Kier molecular flexibility index (Phi) is 5.45. The maximum absolute atomic E-state index is 12.4. The molecule has 1 saturated heterocycles. The van der Waals surface area contributed by atoms with Gasteiger partial charge in [0.15, 0.2) is 5.69 Å². The van der Waals surface area contributed by atoms with Crippen molar-refractivity contribution < 1.29 is 9.90 Å². The Labute approximate surface area is 170 Å². The molecule has 1 aliphatic heterocycles. The lowest BCUT2D eigenvalue weighted by Crippen LogP contribution is -2.38. The number of carbonyl (C=O) groups excluding carboxylic acids is 1. The van der Waals surface area contributed by atoms with Gasteiger partial charge in [0.05, 0.1) is 12.2 Å². The van der Waals surface area contributed by atoms with Crippen LogP contribution in [0.5, 0.6) is 5.88 Å². The number of aromatic hydroxyl groups is 1. The van der Waals surface area contributed by atoms with Crippen molar-refractivity contribution in [2.45, 2.75) is 45.8 Å². The zero-order valence-electron chi connectivity index (χ0n) is 16.9. The normalized spacial score (nSPS) is 17.9. The molecule has 150 valence electrons. The molecule has 0 bridgehead atoms. The summed E-state index contributed by atoms with van der Waals surface area (Å²) >= 11 is 0. The molecule has 6 heteroatoms. The van der Waals surface area contributed by atoms with Crippen LogP contribution in [0.15, 0.2) is 58.8 Å². The number of fused-ring (bicyclic) bond motifs is 1. The zero-order chi connectivity index (χ0) is 20.4. The number of amides is 1. The Hall–Kier alpha value is -2.99. The largest absolute Gasteiger partial charge is 0.493 e. The molecule has 1 N–H and O–H groups in total. The second-order valence-corrected chi connectivity index (χ2v) is 7.79. The third-order valence-electron chi connectivity index (χ3n) is 5.72. The summed E-state index contributed by atoms with van der Waals surface area (Å²) in [6, 6.07) is 15.4. The van der Waals surface area contributed by atoms with Crippen LogP contribution in [0, 0.1) is 6.92 Å². The molecule has 1 fully saturated rings. The van der Waals surface area contributed by atoms with E-state index in [9.17, 15) is 9.90 Å². The van der Waals surface area contributed by atoms with Gasteiger partial charge in [-0.25, -0.2) is 0 Å². The van der Waals surface area contributed by atoms with Crippen molar-refractivity contribution >= 4 is 22.5 Å². The number of aromatic nitrogens is 1. The highest BCUT2D eigenvalue weighted by molar-refractivity contribution is 5.97. The molecule has 0 aliphatic carbocycles. The van der Waals surface area contributed by atoms with E-state index in [1.54, 1.807) is 12.1 Å². The first kappa shape index (κ1) is 19.3. The van der Waals surface area contributed by atoms with E-state index >= 15 is 0 Å². The molecule has 6 nitrogen and oxygen atoms in total. The van der Waals surface area contributed by atoms with Gasteiger partial charge >= 0.3 is 0 Å². The summed E-state index contributed by atoms with van der Waals surface area (Å²) in [6.45, 7) is 5.79. The summed E-state index contributed by atoms with van der Waals surface area (Å²) < 4.78 is 1.86. The fourth-order valence-electron chi connectivity index (χ4n) is 3.91. The Morgan fingerprint density at radius 3 is 2.66 bits per heavy atom. The molecule has 29 heavy (non-hydrogen) atoms. The van der Waals surface area contributed by atoms with Crippen molar-refractivity contribution in [2.24, 2.45) is 10.2 Å². The fourth-order valence-corrected chi connectivity index (χ4v) is 3.91. The van der Waals surface area contributed by atoms with E-state index in [0.717, 1.165) is 29.4 Å². The number of azo groups is 1. The van der Waals surface area contributed by atoms with E-state index in [-0.39, 0.29) is 5.88 Å². The lowest BCUT2D eigenvalue weighted by atomic mass is 10.0. The summed E-state index contributed by atoms with van der Waals surface area (Å²) in [5, 5.41) is 19.7. The minimum Gasteiger partial charge on any atom is -0.493 e. The van der Waals surface area contributed by atoms with Crippen LogP contribution < -0.4 is 0 Å². The van der Waals surface area contributed by atoms with Crippen LogP contribution in [-0.2, 0) is 6.67 Å². The van der Waals surface area contributed by atoms with E-state index in [1.165, 1.54) is 12.8 Å². The van der Waals surface area contributed by atoms with Gasteiger partial charge in [-0.2, -0.15) is 0 Å². The SMILES string of the molecule is Cc1ccc(C(=O)N=Nc2c(O)n(CN3CCCCC3C)c3ccccc23)cc1. The van der Waals surface area contributed by atoms with E-state index in [0.29, 0.717) is 24.0 Å². The quantitative estimate of drug-likeness (QED) is 0.605. The van der Waals surface area contributed by atoms with Gasteiger partial charge in [0, 0.05) is 23.5 Å². The smallest absolute Gasteiger partial charge is 0.295 e. The molecule has 2 aromatic carbocycles. The highest BCUT2D eigenvalue weighted by Gasteiger charge is 2.23. The maximum atomic E-state index is 12.4. The predicted molar refractivity (Wildman–Crippen MR) is 114 cm³/mol. The number of hydrogen-bond acceptors (Lipinski definition) is 4. The first-order valence-corrected chi connectivity index (χ1v) is 10.1. The van der Waals surface area contributed by atoms with Crippen molar-refractivity contribution in [1.82, 2.24) is 9.47 Å². The van der Waals surface area contributed by atoms with Gasteiger partial charge in [0.25, 0.3) is 5.91 Å². The number of carbonyl (C=O) groups is 1. The van der Waals surface area contributed by atoms with Gasteiger partial charge in [-0.3, -0.25) is 14.3 Å². The topological polar surface area (TPSA) is 70.2 Å². The first-order valence-electron chi connectivity index (χ1n) is 10.1. The number of piperidine rings is 1. The minimum absolute atomic E-state index is 0.0458. The van der Waals surface area contributed by atoms with Gasteiger partial charge in [-0.05, 0) is 44.9 Å². The molecule has 1 unspecified atom stereocenters. The fraction of sp³-hybridized carbons (Fsp3) is 0.348. The summed E-state index contributed by atoms with van der Waals surface area (Å²) in [6.07, 6.45) is 3.58. The van der Waals surface area contributed by atoms with Gasteiger partial charge in [0.2, 0.25) is 5.88 Å². The highest BCUT2D eigenvalue weighted by Crippen LogP contribution is 2.39. The van der Waals surface area contributed by atoms with Gasteiger partial charge in [-0.1, -0.05) is 42.3 Å². The third kappa shape index (κ3) is 3.93. The van der Waals surface area contributed by atoms with Crippen LogP contribution in [0.1, 0.15) is 42.1 Å². The van der Waals surface area contributed by atoms with E-state index < -0.39 is 5.91 Å². The monoisotopic (exact) mass is 390 g/mol. The Balaban J connectivity index is 1.66. The molecule has 1 aliphatic rings. The molecule has 3 aromatic rings. The van der Waals surface area contributed by atoms with Gasteiger partial charge in [0.1, 0.15) is 0 Å². The van der Waals surface area contributed by atoms with Crippen LogP contribution in [0.25, 0.3) is 10.9 Å². The number of benzene rings is 2. The standard InChI is InChI=1S/C23H26N4O2/c1-16-10-12-18(13-11-16)22(28)25-24-21-19-8-3-4-9-20(19)27(23(21)29)15-26-14-6-5-7-17(26)2/h3-4,8-13,17,29H,5-7,14-15H2,1-2H3. The molecule has 1 amide bonds. The summed E-state index contributed by atoms with van der Waals surface area (Å²) in [4.78, 5) is 14.8. The number of hydrogen-bond donors (Lipinski definition) is 1. The maximum Gasteiger partial charge on any atom is 0.295 e. The van der Waals surface area contributed by atoms with Gasteiger partial charge in [-0.15, -0.1) is 10.2 Å². The first-order chi connectivity index (χ1) is 14.0. The Morgan fingerprint density at radius 1 is 1.14 bits per heavy atom. The Morgan fingerprint density at radius 2 is 1.90 bits per heavy atom. The van der Waals surface area contributed by atoms with Crippen LogP contribution >= 0.6 is 0 Å². The van der Waals surface area contributed by atoms with Gasteiger partial charge < -0.3 is 5.11 Å². The second-order valence-electron chi connectivity index (χ2n) is 7.79. The lowest BCUT2D eigenvalue weighted by Gasteiger charge is -2.33. The summed E-state index contributed by atoms with van der Waals surface area (Å²) in [7, 11) is 0. The van der Waals surface area contributed by atoms with Crippen molar-refractivity contribution in [1.29, 1.82) is 0 Å². The molecular formula is C23H26N4O2. The number of para-hydroxylation sites is 1. The van der Waals surface area contributed by atoms with Crippen molar-refractivity contribution in [3.05, 3.63) is 59.7 Å². The van der Waals surface area contributed by atoms with Crippen molar-refractivity contribution in [2.75, 3.05) is 6.54 Å². The Bertz CT molecular complexity index is 1050. The molecule has 0 saturated carbocycles. The molecule has 1 atom stereocenters. The highest BCUT2D eigenvalue weighted by atomic mass is 16.3. The second kappa shape index (κ2) is 8.17. The number of rotatable bonds is 4. The van der Waals surface area contributed by atoms with E-state index in [4.69, 9.17) is 0 Å². The van der Waals surface area contributed by atoms with Crippen LogP contribution in [0.4, 0.5) is 5.69 Å². The number of aryl methyl sites for hydroxylation is 1. The van der Waals surface area contributed by atoms with Crippen molar-refractivity contribution in [3.8, 4) is 5.88 Å². The number of likely N-dealkylation sites (tertiary alicyclic amines) is 1. The van der Waals surface area contributed by atoms with E-state index in [1.807, 2.05) is 47.9 Å². The average molecular weight is 390 g/mol.